The van der Waals surface area contributed by atoms with Crippen LogP contribution in [0.1, 0.15) is 33.6 Å². The van der Waals surface area contributed by atoms with Crippen molar-refractivity contribution < 1.29 is 44.2 Å². The van der Waals surface area contributed by atoms with Crippen LogP contribution in [0.5, 0.6) is 0 Å². The Balaban J connectivity index is 1.58. The molecule has 0 saturated carbocycles. The van der Waals surface area contributed by atoms with Gasteiger partial charge in [0.15, 0.2) is 6.29 Å². The van der Waals surface area contributed by atoms with Crippen LogP contribution in [-0.4, -0.2) is 81.7 Å². The highest BCUT2D eigenvalue weighted by Crippen LogP contribution is 2.47. The van der Waals surface area contributed by atoms with E-state index in [1.165, 1.54) is 0 Å². The molecule has 30 heavy (non-hydrogen) atoms. The number of rotatable bonds is 3. The van der Waals surface area contributed by atoms with Crippen LogP contribution in [0.3, 0.4) is 0 Å². The summed E-state index contributed by atoms with van der Waals surface area (Å²) in [5.74, 6) is -1.28. The van der Waals surface area contributed by atoms with E-state index in [9.17, 15) is 25.2 Å². The summed E-state index contributed by atoms with van der Waals surface area (Å²) in [6.07, 6.45) is -2.84. The number of ether oxygens (including phenoxy) is 4. The smallest absolute Gasteiger partial charge is 0.336 e. The molecule has 0 aromatic rings. The van der Waals surface area contributed by atoms with E-state index in [-0.39, 0.29) is 11.8 Å². The average molecular weight is 426 g/mol. The first-order valence-electron chi connectivity index (χ1n) is 10.4. The second kappa shape index (κ2) is 7.98. The van der Waals surface area contributed by atoms with Crippen molar-refractivity contribution in [2.24, 2.45) is 11.8 Å². The molecule has 4 N–H and O–H groups in total. The molecule has 9 heteroatoms. The maximum Gasteiger partial charge on any atom is 0.336 e. The number of aliphatic hydroxyl groups is 4. The molecule has 10 atom stereocenters. The van der Waals surface area contributed by atoms with Crippen LogP contribution >= 0.6 is 0 Å². The lowest BCUT2D eigenvalue weighted by Crippen LogP contribution is -2.61. The fraction of sp³-hybridized carbons (Fsp3) is 0.762. The van der Waals surface area contributed by atoms with Crippen LogP contribution in [0.2, 0.25) is 0 Å². The number of esters is 1. The Morgan fingerprint density at radius 3 is 2.57 bits per heavy atom. The zero-order chi connectivity index (χ0) is 21.8. The van der Waals surface area contributed by atoms with Crippen LogP contribution in [-0.2, 0) is 23.7 Å². The van der Waals surface area contributed by atoms with Gasteiger partial charge in [0, 0.05) is 12.0 Å². The summed E-state index contributed by atoms with van der Waals surface area (Å²) in [6, 6.07) is 0. The van der Waals surface area contributed by atoms with Crippen molar-refractivity contribution in [3.63, 3.8) is 0 Å². The normalized spacial score (nSPS) is 48.8. The van der Waals surface area contributed by atoms with Crippen LogP contribution in [0, 0.1) is 11.8 Å². The molecule has 0 amide bonds. The number of carbonyl (C=O) groups is 1. The van der Waals surface area contributed by atoms with Crippen molar-refractivity contribution in [3.05, 3.63) is 23.3 Å². The molecule has 9 nitrogen and oxygen atoms in total. The van der Waals surface area contributed by atoms with Crippen LogP contribution in [0.4, 0.5) is 0 Å². The van der Waals surface area contributed by atoms with Crippen molar-refractivity contribution in [2.75, 3.05) is 6.61 Å². The molecule has 1 aliphatic carbocycles. The molecule has 4 rings (SSSR count). The lowest BCUT2D eigenvalue weighted by molar-refractivity contribution is -0.332. The third-order valence-electron chi connectivity index (χ3n) is 6.71. The molecule has 1 spiro atoms. The molecule has 0 radical (unpaired) electrons. The summed E-state index contributed by atoms with van der Waals surface area (Å²) in [6.45, 7) is 5.11. The number of hydrogen-bond acceptors (Lipinski definition) is 9. The predicted molar refractivity (Wildman–Crippen MR) is 102 cm³/mol. The third kappa shape index (κ3) is 3.62. The van der Waals surface area contributed by atoms with E-state index < -0.39 is 61.3 Å². The first-order chi connectivity index (χ1) is 14.2. The third-order valence-corrected chi connectivity index (χ3v) is 6.71. The molecule has 3 heterocycles. The lowest BCUT2D eigenvalue weighted by Gasteiger charge is -2.50. The fourth-order valence-electron chi connectivity index (χ4n) is 4.96. The van der Waals surface area contributed by atoms with E-state index in [1.54, 1.807) is 13.0 Å². The van der Waals surface area contributed by atoms with Gasteiger partial charge in [-0.3, -0.25) is 0 Å². The maximum absolute atomic E-state index is 12.0. The van der Waals surface area contributed by atoms with E-state index in [0.29, 0.717) is 12.0 Å². The Bertz CT molecular complexity index is 747. The van der Waals surface area contributed by atoms with Gasteiger partial charge in [0.1, 0.15) is 30.5 Å². The van der Waals surface area contributed by atoms with Gasteiger partial charge in [-0.1, -0.05) is 13.0 Å². The van der Waals surface area contributed by atoms with Gasteiger partial charge in [-0.15, -0.1) is 0 Å². The zero-order valence-electron chi connectivity index (χ0n) is 17.3. The van der Waals surface area contributed by atoms with Crippen LogP contribution in [0.15, 0.2) is 23.3 Å². The largest absolute Gasteiger partial charge is 0.426 e. The minimum absolute atomic E-state index is 0.0993. The van der Waals surface area contributed by atoms with Gasteiger partial charge in [-0.25, -0.2) is 4.79 Å². The molecular weight excluding hydrogens is 396 g/mol. The van der Waals surface area contributed by atoms with Gasteiger partial charge in [-0.05, 0) is 43.8 Å². The van der Waals surface area contributed by atoms with Gasteiger partial charge in [-0.2, -0.15) is 0 Å². The average Bonchev–Trinajstić information content (AvgIpc) is 2.96. The lowest BCUT2D eigenvalue weighted by atomic mass is 9.73. The Hall–Kier alpha value is -1.33. The molecule has 168 valence electrons. The van der Waals surface area contributed by atoms with Gasteiger partial charge in [0.25, 0.3) is 0 Å². The Morgan fingerprint density at radius 2 is 1.93 bits per heavy atom. The minimum atomic E-state index is -1.52. The van der Waals surface area contributed by atoms with E-state index in [0.717, 1.165) is 12.0 Å². The molecule has 0 aromatic heterocycles. The Morgan fingerprint density at radius 1 is 1.20 bits per heavy atom. The quantitative estimate of drug-likeness (QED) is 0.356. The number of carbonyl (C=O) groups excluding carboxylic acids is 1. The highest BCUT2D eigenvalue weighted by Gasteiger charge is 2.54. The van der Waals surface area contributed by atoms with Gasteiger partial charge in [0.05, 0.1) is 12.7 Å². The van der Waals surface area contributed by atoms with E-state index >= 15 is 0 Å². The molecule has 0 aromatic carbocycles. The number of allylic oxidation sites excluding steroid dienone is 1. The summed E-state index contributed by atoms with van der Waals surface area (Å²) < 4.78 is 23.5. The number of hydrogen-bond donors (Lipinski definition) is 4. The number of fused-ring (bicyclic) bond motifs is 1. The van der Waals surface area contributed by atoms with Gasteiger partial charge in [0.2, 0.25) is 5.79 Å². The molecule has 4 aliphatic rings. The summed E-state index contributed by atoms with van der Waals surface area (Å²) in [5.41, 5.74) is 1.36. The first-order valence-corrected chi connectivity index (χ1v) is 10.4. The minimum Gasteiger partial charge on any atom is -0.426 e. The fourth-order valence-corrected chi connectivity index (χ4v) is 4.96. The van der Waals surface area contributed by atoms with Gasteiger partial charge >= 0.3 is 5.97 Å². The standard InChI is InChI=1S/C21H30O9/c1-9-4-5-12-10(2)6-21(7-11(3)19(26)30-21)29-18(12)17(9)28-20-16(25)15(24)14(23)13(8-22)27-20/h4,7,10,12-18,20,22-25H,5-6,8H2,1-3H3. The second-order valence-electron chi connectivity index (χ2n) is 8.89. The molecule has 3 aliphatic heterocycles. The molecule has 2 saturated heterocycles. The van der Waals surface area contributed by atoms with E-state index in [2.05, 4.69) is 13.0 Å². The van der Waals surface area contributed by atoms with Crippen molar-refractivity contribution >= 4 is 5.97 Å². The Kier molecular flexibility index (Phi) is 5.82. The van der Waals surface area contributed by atoms with Crippen molar-refractivity contribution in [3.8, 4) is 0 Å². The molecular formula is C21H30O9. The summed E-state index contributed by atoms with van der Waals surface area (Å²) in [5, 5.41) is 39.9. The highest BCUT2D eigenvalue weighted by atomic mass is 16.7. The van der Waals surface area contributed by atoms with E-state index in [4.69, 9.17) is 18.9 Å². The van der Waals surface area contributed by atoms with Crippen molar-refractivity contribution in [2.45, 2.75) is 82.3 Å². The summed E-state index contributed by atoms with van der Waals surface area (Å²) in [7, 11) is 0. The van der Waals surface area contributed by atoms with Crippen molar-refractivity contribution in [1.29, 1.82) is 0 Å². The highest BCUT2D eigenvalue weighted by molar-refractivity contribution is 5.90. The predicted octanol–water partition coefficient (Wildman–Crippen LogP) is -0.238. The second-order valence-corrected chi connectivity index (χ2v) is 8.89. The SMILES string of the molecule is CC1=CC2(CC(C)C3CC=C(C)C(OC4OC(CO)C(O)C(O)C4O)C3O2)OC1=O. The zero-order valence-corrected chi connectivity index (χ0v) is 17.3. The van der Waals surface area contributed by atoms with Gasteiger partial charge < -0.3 is 39.4 Å². The maximum atomic E-state index is 12.0. The monoisotopic (exact) mass is 426 g/mol. The first kappa shape index (κ1) is 21.9. The number of aliphatic hydroxyl groups excluding tert-OH is 4. The van der Waals surface area contributed by atoms with Crippen LogP contribution < -0.4 is 0 Å². The van der Waals surface area contributed by atoms with Crippen LogP contribution in [0.25, 0.3) is 0 Å². The molecule has 10 unspecified atom stereocenters. The van der Waals surface area contributed by atoms with E-state index in [1.807, 2.05) is 6.92 Å². The summed E-state index contributed by atoms with van der Waals surface area (Å²) >= 11 is 0. The van der Waals surface area contributed by atoms with Crippen molar-refractivity contribution in [1.82, 2.24) is 0 Å². The molecule has 0 bridgehead atoms. The molecule has 2 fully saturated rings. The topological polar surface area (TPSA) is 135 Å². The summed E-state index contributed by atoms with van der Waals surface area (Å²) in [4.78, 5) is 12.0. The Labute approximate surface area is 174 Å².